The van der Waals surface area contributed by atoms with E-state index in [2.05, 4.69) is 4.72 Å². The second-order valence-electron chi connectivity index (χ2n) is 10.6. The molecule has 226 valence electrons. The van der Waals surface area contributed by atoms with E-state index in [1.54, 1.807) is 36.1 Å². The Morgan fingerprint density at radius 1 is 1.10 bits per heavy atom. The van der Waals surface area contributed by atoms with Crippen molar-refractivity contribution >= 4 is 21.6 Å². The highest BCUT2D eigenvalue weighted by atomic mass is 32.2. The maximum atomic E-state index is 13.7. The lowest BCUT2D eigenvalue weighted by atomic mass is 9.99. The molecule has 3 atom stereocenters. The number of hydrogen-bond acceptors (Lipinski definition) is 6. The van der Waals surface area contributed by atoms with Gasteiger partial charge in [-0.05, 0) is 62.0 Å². The average molecular weight is 606 g/mol. The lowest BCUT2D eigenvalue weighted by molar-refractivity contribution is -0.137. The van der Waals surface area contributed by atoms with Gasteiger partial charge in [-0.3, -0.25) is 14.4 Å². The number of alkyl halides is 3. The summed E-state index contributed by atoms with van der Waals surface area (Å²) in [6, 6.07) is 16.8. The number of aliphatic hydroxyl groups excluding tert-OH is 1. The Morgan fingerprint density at radius 3 is 2.38 bits per heavy atom. The van der Waals surface area contributed by atoms with Gasteiger partial charge < -0.3 is 14.7 Å². The maximum Gasteiger partial charge on any atom is 0.416 e. The molecule has 0 spiro atoms. The van der Waals surface area contributed by atoms with Crippen LogP contribution in [0.1, 0.15) is 35.3 Å². The Bertz CT molecular complexity index is 1480. The zero-order valence-electron chi connectivity index (χ0n) is 23.5. The molecule has 3 aromatic rings. The first kappa shape index (κ1) is 31.3. The van der Waals surface area contributed by atoms with E-state index in [0.717, 1.165) is 12.1 Å². The van der Waals surface area contributed by atoms with Crippen LogP contribution >= 0.6 is 0 Å². The molecule has 0 fully saturated rings. The molecule has 1 aliphatic rings. The number of rotatable bonds is 9. The van der Waals surface area contributed by atoms with Crippen molar-refractivity contribution in [2.45, 2.75) is 43.6 Å². The Kier molecular flexibility index (Phi) is 9.49. The zero-order valence-corrected chi connectivity index (χ0v) is 24.3. The van der Waals surface area contributed by atoms with Crippen LogP contribution in [0.2, 0.25) is 0 Å². The molecule has 3 aromatic carbocycles. The number of likely N-dealkylation sites (N-methyl/N-ethyl adjacent to an activating group) is 1. The molecule has 0 radical (unpaired) electrons. The summed E-state index contributed by atoms with van der Waals surface area (Å²) in [7, 11) is -2.08. The Morgan fingerprint density at radius 2 is 1.76 bits per heavy atom. The largest absolute Gasteiger partial charge is 0.488 e. The fraction of sp³-hybridized carbons (Fsp3) is 0.367. The predicted molar refractivity (Wildman–Crippen MR) is 153 cm³/mol. The quantitative estimate of drug-likeness (QED) is 0.362. The van der Waals surface area contributed by atoms with E-state index < -0.39 is 39.8 Å². The molecule has 0 unspecified atom stereocenters. The average Bonchev–Trinajstić information content (AvgIpc) is 2.95. The molecule has 4 rings (SSSR count). The molecule has 0 aliphatic carbocycles. The van der Waals surface area contributed by atoms with Crippen LogP contribution in [0.3, 0.4) is 0 Å². The van der Waals surface area contributed by atoms with Gasteiger partial charge in [0.25, 0.3) is 15.9 Å². The summed E-state index contributed by atoms with van der Waals surface area (Å²) in [5.41, 5.74) is 0.308. The van der Waals surface area contributed by atoms with E-state index in [1.807, 2.05) is 18.9 Å². The second kappa shape index (κ2) is 12.7. The third kappa shape index (κ3) is 7.42. The van der Waals surface area contributed by atoms with Crippen molar-refractivity contribution in [3.63, 3.8) is 0 Å². The van der Waals surface area contributed by atoms with Crippen LogP contribution < -0.4 is 9.46 Å². The van der Waals surface area contributed by atoms with Gasteiger partial charge in [-0.25, -0.2) is 8.42 Å². The van der Waals surface area contributed by atoms with Crippen LogP contribution in [0, 0.1) is 5.92 Å². The van der Waals surface area contributed by atoms with Crippen molar-refractivity contribution in [1.29, 1.82) is 0 Å². The highest BCUT2D eigenvalue weighted by molar-refractivity contribution is 7.92. The van der Waals surface area contributed by atoms with E-state index in [0.29, 0.717) is 18.7 Å². The van der Waals surface area contributed by atoms with Gasteiger partial charge in [-0.15, -0.1) is 0 Å². The van der Waals surface area contributed by atoms with Crippen molar-refractivity contribution in [2.75, 3.05) is 31.5 Å². The topological polar surface area (TPSA) is 99.2 Å². The van der Waals surface area contributed by atoms with Gasteiger partial charge in [0, 0.05) is 31.2 Å². The minimum Gasteiger partial charge on any atom is -0.488 e. The van der Waals surface area contributed by atoms with Crippen LogP contribution in [0.25, 0.3) is 0 Å². The molecule has 0 saturated carbocycles. The van der Waals surface area contributed by atoms with E-state index in [9.17, 15) is 31.5 Å². The smallest absolute Gasteiger partial charge is 0.416 e. The summed E-state index contributed by atoms with van der Waals surface area (Å²) in [6.45, 7) is 4.40. The Labute approximate surface area is 243 Å². The van der Waals surface area contributed by atoms with Crippen molar-refractivity contribution in [1.82, 2.24) is 9.80 Å². The minimum absolute atomic E-state index is 0.0693. The van der Waals surface area contributed by atoms with E-state index in [1.165, 1.54) is 36.4 Å². The number of sulfonamides is 1. The van der Waals surface area contributed by atoms with Crippen LogP contribution in [-0.2, 0) is 22.7 Å². The summed E-state index contributed by atoms with van der Waals surface area (Å²) >= 11 is 0. The molecular formula is C30H34F3N3O5S. The highest BCUT2D eigenvalue weighted by Crippen LogP contribution is 2.32. The number of carbonyl (C=O) groups is 1. The fourth-order valence-corrected chi connectivity index (χ4v) is 5.87. The minimum atomic E-state index is -4.41. The fourth-order valence-electron chi connectivity index (χ4n) is 4.80. The molecule has 0 aromatic heterocycles. The summed E-state index contributed by atoms with van der Waals surface area (Å²) in [4.78, 5) is 17.2. The van der Waals surface area contributed by atoms with Crippen molar-refractivity contribution in [2.24, 2.45) is 5.92 Å². The third-order valence-corrected chi connectivity index (χ3v) is 8.59. The molecule has 0 bridgehead atoms. The number of amides is 1. The summed E-state index contributed by atoms with van der Waals surface area (Å²) in [5, 5.41) is 9.88. The zero-order chi connectivity index (χ0) is 30.7. The Balaban J connectivity index is 1.59. The highest BCUT2D eigenvalue weighted by Gasteiger charge is 2.34. The molecule has 1 heterocycles. The summed E-state index contributed by atoms with van der Waals surface area (Å²) in [6.07, 6.45) is -4.84. The van der Waals surface area contributed by atoms with E-state index in [4.69, 9.17) is 4.74 Å². The first-order chi connectivity index (χ1) is 19.8. The number of hydrogen-bond donors (Lipinski definition) is 2. The number of aliphatic hydroxyl groups is 1. The Hall–Kier alpha value is -3.61. The van der Waals surface area contributed by atoms with Crippen LogP contribution in [0.4, 0.5) is 18.9 Å². The maximum absolute atomic E-state index is 13.7. The van der Waals surface area contributed by atoms with Gasteiger partial charge in [0.1, 0.15) is 11.9 Å². The molecule has 2 N–H and O–H groups in total. The molecule has 0 saturated heterocycles. The summed E-state index contributed by atoms with van der Waals surface area (Å²) < 4.78 is 73.5. The number of anilines is 1. The van der Waals surface area contributed by atoms with E-state index in [-0.39, 0.29) is 41.0 Å². The van der Waals surface area contributed by atoms with Gasteiger partial charge in [0.05, 0.1) is 28.7 Å². The summed E-state index contributed by atoms with van der Waals surface area (Å²) in [5.74, 6) is -0.324. The van der Waals surface area contributed by atoms with Crippen molar-refractivity contribution in [3.05, 3.63) is 89.5 Å². The second-order valence-corrected chi connectivity index (χ2v) is 12.3. The number of halogens is 3. The molecular weight excluding hydrogens is 571 g/mol. The molecule has 1 amide bonds. The lowest BCUT2D eigenvalue weighted by Gasteiger charge is -2.38. The normalized spacial score (nSPS) is 18.6. The van der Waals surface area contributed by atoms with Gasteiger partial charge in [-0.2, -0.15) is 13.2 Å². The van der Waals surface area contributed by atoms with Gasteiger partial charge in [0.2, 0.25) is 0 Å². The van der Waals surface area contributed by atoms with Gasteiger partial charge in [-0.1, -0.05) is 37.3 Å². The standard InChI is InChI=1S/C30H34F3N3O5S/c1-20-16-36(21(2)19-37)29(38)26-15-24(34-42(39,40)25-7-5-4-6-8-25)13-14-27(26)41-28(20)18-35(3)17-22-9-11-23(12-10-22)30(31,32)33/h4-15,20-21,28,34,37H,16-19H2,1-3H3/t20-,21-,28-/m1/s1. The molecule has 1 aliphatic heterocycles. The van der Waals surface area contributed by atoms with Crippen LogP contribution in [0.15, 0.2) is 77.7 Å². The first-order valence-electron chi connectivity index (χ1n) is 13.4. The number of fused-ring (bicyclic) bond motifs is 1. The van der Waals surface area contributed by atoms with Crippen molar-refractivity contribution in [3.8, 4) is 5.75 Å². The third-order valence-electron chi connectivity index (χ3n) is 7.20. The van der Waals surface area contributed by atoms with Gasteiger partial charge in [0.15, 0.2) is 0 Å². The monoisotopic (exact) mass is 605 g/mol. The number of ether oxygens (including phenoxy) is 1. The SMILES string of the molecule is C[C@@H]1CN([C@H](C)CO)C(=O)c2cc(NS(=O)(=O)c3ccccc3)ccc2O[C@@H]1CN(C)Cc1ccc(C(F)(F)F)cc1. The van der Waals surface area contributed by atoms with Crippen LogP contribution in [-0.4, -0.2) is 68.1 Å². The first-order valence-corrected chi connectivity index (χ1v) is 14.9. The predicted octanol–water partition coefficient (Wildman–Crippen LogP) is 4.86. The van der Waals surface area contributed by atoms with Crippen LogP contribution in [0.5, 0.6) is 5.75 Å². The number of nitrogens with zero attached hydrogens (tertiary/aromatic N) is 2. The molecule has 42 heavy (non-hydrogen) atoms. The van der Waals surface area contributed by atoms with Gasteiger partial charge >= 0.3 is 6.18 Å². The lowest BCUT2D eigenvalue weighted by Crippen LogP contribution is -2.49. The molecule has 12 heteroatoms. The number of benzene rings is 3. The molecule has 8 nitrogen and oxygen atoms in total. The number of carbonyl (C=O) groups excluding carboxylic acids is 1. The van der Waals surface area contributed by atoms with Crippen molar-refractivity contribution < 1.29 is 36.2 Å². The van der Waals surface area contributed by atoms with E-state index >= 15 is 0 Å². The number of nitrogens with one attached hydrogen (secondary N) is 1.